The quantitative estimate of drug-likeness (QED) is 0.723. The molecule has 0 bridgehead atoms. The van der Waals surface area contributed by atoms with Gasteiger partial charge in [0.1, 0.15) is 0 Å². The maximum atomic E-state index is 12.5. The van der Waals surface area contributed by atoms with Crippen LogP contribution in [0.3, 0.4) is 0 Å². The van der Waals surface area contributed by atoms with Gasteiger partial charge in [-0.3, -0.25) is 20.4 Å². The van der Waals surface area contributed by atoms with Crippen molar-refractivity contribution in [1.29, 1.82) is 0 Å². The van der Waals surface area contributed by atoms with E-state index < -0.39 is 10.0 Å². The standard InChI is InChI=1S/C20H23N3O4S/c24-19(21-22-20(25)17-6-2-1-3-7-17)13-10-16-8-11-18(12-9-16)28(26,27)23-14-4-5-15-23/h1-3,6-9,11-12H,4-5,10,13-15H2,(H,21,24)(H,22,25). The smallest absolute Gasteiger partial charge is 0.269 e. The van der Waals surface area contributed by atoms with Crippen molar-refractivity contribution in [3.8, 4) is 0 Å². The van der Waals surface area contributed by atoms with Crippen molar-refractivity contribution in [3.05, 3.63) is 65.7 Å². The van der Waals surface area contributed by atoms with E-state index in [9.17, 15) is 18.0 Å². The lowest BCUT2D eigenvalue weighted by Crippen LogP contribution is -2.41. The van der Waals surface area contributed by atoms with Crippen LogP contribution in [-0.4, -0.2) is 37.6 Å². The van der Waals surface area contributed by atoms with Crippen LogP contribution in [0.2, 0.25) is 0 Å². The third-order valence-electron chi connectivity index (χ3n) is 4.62. The fraction of sp³-hybridized carbons (Fsp3) is 0.300. The molecule has 1 heterocycles. The van der Waals surface area contributed by atoms with Gasteiger partial charge in [-0.05, 0) is 49.1 Å². The number of nitrogens with zero attached hydrogens (tertiary/aromatic N) is 1. The molecule has 148 valence electrons. The Morgan fingerprint density at radius 3 is 2.18 bits per heavy atom. The summed E-state index contributed by atoms with van der Waals surface area (Å²) in [5.74, 6) is -0.705. The third kappa shape index (κ3) is 4.96. The zero-order valence-electron chi connectivity index (χ0n) is 15.4. The van der Waals surface area contributed by atoms with E-state index in [1.807, 2.05) is 0 Å². The van der Waals surface area contributed by atoms with Crippen LogP contribution in [0, 0.1) is 0 Å². The van der Waals surface area contributed by atoms with E-state index in [1.54, 1.807) is 54.6 Å². The number of benzene rings is 2. The second kappa shape index (κ2) is 8.99. The maximum Gasteiger partial charge on any atom is 0.269 e. The second-order valence-electron chi connectivity index (χ2n) is 6.62. The zero-order chi connectivity index (χ0) is 20.0. The van der Waals surface area contributed by atoms with Crippen molar-refractivity contribution < 1.29 is 18.0 Å². The van der Waals surface area contributed by atoms with Gasteiger partial charge in [-0.1, -0.05) is 30.3 Å². The number of rotatable bonds is 6. The molecule has 2 N–H and O–H groups in total. The van der Waals surface area contributed by atoms with Gasteiger partial charge in [0.2, 0.25) is 15.9 Å². The molecule has 28 heavy (non-hydrogen) atoms. The summed E-state index contributed by atoms with van der Waals surface area (Å²) < 4.78 is 26.5. The Hall–Kier alpha value is -2.71. The van der Waals surface area contributed by atoms with Gasteiger partial charge in [0.15, 0.2) is 0 Å². The van der Waals surface area contributed by atoms with Crippen molar-refractivity contribution >= 4 is 21.8 Å². The minimum absolute atomic E-state index is 0.174. The van der Waals surface area contributed by atoms with Crippen LogP contribution in [0.4, 0.5) is 0 Å². The van der Waals surface area contributed by atoms with E-state index in [4.69, 9.17) is 0 Å². The number of sulfonamides is 1. The van der Waals surface area contributed by atoms with Crippen molar-refractivity contribution in [1.82, 2.24) is 15.2 Å². The largest absolute Gasteiger partial charge is 0.273 e. The van der Waals surface area contributed by atoms with E-state index in [-0.39, 0.29) is 23.1 Å². The topological polar surface area (TPSA) is 95.6 Å². The molecule has 0 aromatic heterocycles. The molecule has 1 saturated heterocycles. The first-order valence-electron chi connectivity index (χ1n) is 9.20. The fourth-order valence-electron chi connectivity index (χ4n) is 3.01. The van der Waals surface area contributed by atoms with E-state index in [1.165, 1.54) is 4.31 Å². The molecule has 0 spiro atoms. The van der Waals surface area contributed by atoms with Crippen molar-refractivity contribution in [2.75, 3.05) is 13.1 Å². The summed E-state index contributed by atoms with van der Waals surface area (Å²) in [6, 6.07) is 15.2. The Morgan fingerprint density at radius 2 is 1.54 bits per heavy atom. The van der Waals surface area contributed by atoms with E-state index in [2.05, 4.69) is 10.9 Å². The maximum absolute atomic E-state index is 12.5. The number of hydrazine groups is 1. The molecule has 1 fully saturated rings. The summed E-state index contributed by atoms with van der Waals surface area (Å²) in [6.45, 7) is 1.14. The van der Waals surface area contributed by atoms with E-state index >= 15 is 0 Å². The van der Waals surface area contributed by atoms with Crippen LogP contribution in [0.1, 0.15) is 35.2 Å². The number of aryl methyl sites for hydroxylation is 1. The molecule has 0 aliphatic carbocycles. The summed E-state index contributed by atoms with van der Waals surface area (Å²) in [4.78, 5) is 24.1. The normalized spacial score (nSPS) is 14.6. The Bertz CT molecular complexity index is 922. The molecule has 8 heteroatoms. The average molecular weight is 401 g/mol. The number of carbonyl (C=O) groups excluding carboxylic acids is 2. The summed E-state index contributed by atoms with van der Waals surface area (Å²) >= 11 is 0. The van der Waals surface area contributed by atoms with Crippen molar-refractivity contribution in [2.45, 2.75) is 30.6 Å². The van der Waals surface area contributed by atoms with Crippen LogP contribution < -0.4 is 10.9 Å². The monoisotopic (exact) mass is 401 g/mol. The molecular weight excluding hydrogens is 378 g/mol. The predicted octanol–water partition coefficient (Wildman–Crippen LogP) is 1.86. The molecule has 0 unspecified atom stereocenters. The fourth-order valence-corrected chi connectivity index (χ4v) is 4.53. The van der Waals surface area contributed by atoms with Gasteiger partial charge >= 0.3 is 0 Å². The highest BCUT2D eigenvalue weighted by atomic mass is 32.2. The SMILES string of the molecule is O=C(CCc1ccc(S(=O)(=O)N2CCCC2)cc1)NNC(=O)c1ccccc1. The lowest BCUT2D eigenvalue weighted by molar-refractivity contribution is -0.121. The van der Waals surface area contributed by atoms with Gasteiger partial charge in [0, 0.05) is 25.1 Å². The highest BCUT2D eigenvalue weighted by Crippen LogP contribution is 2.21. The number of hydrogen-bond acceptors (Lipinski definition) is 4. The lowest BCUT2D eigenvalue weighted by atomic mass is 10.1. The van der Waals surface area contributed by atoms with Gasteiger partial charge in [-0.15, -0.1) is 0 Å². The molecule has 2 aromatic rings. The zero-order valence-corrected chi connectivity index (χ0v) is 16.2. The average Bonchev–Trinajstić information content (AvgIpc) is 3.27. The molecule has 7 nitrogen and oxygen atoms in total. The molecule has 2 aromatic carbocycles. The molecule has 0 saturated carbocycles. The van der Waals surface area contributed by atoms with Crippen molar-refractivity contribution in [3.63, 3.8) is 0 Å². The summed E-state index contributed by atoms with van der Waals surface area (Å²) in [6.07, 6.45) is 2.41. The van der Waals surface area contributed by atoms with E-state index in [0.717, 1.165) is 18.4 Å². The van der Waals surface area contributed by atoms with E-state index in [0.29, 0.717) is 25.1 Å². The molecule has 3 rings (SSSR count). The number of hydrogen-bond donors (Lipinski definition) is 2. The number of amides is 2. The van der Waals surface area contributed by atoms with Crippen LogP contribution in [0.5, 0.6) is 0 Å². The molecule has 2 amide bonds. The first-order chi connectivity index (χ1) is 13.5. The number of carbonyl (C=O) groups is 2. The third-order valence-corrected chi connectivity index (χ3v) is 6.53. The van der Waals surface area contributed by atoms with Gasteiger partial charge in [-0.2, -0.15) is 4.31 Å². The first-order valence-corrected chi connectivity index (χ1v) is 10.6. The predicted molar refractivity (Wildman–Crippen MR) is 105 cm³/mol. The summed E-state index contributed by atoms with van der Waals surface area (Å²) in [5.41, 5.74) is 6.06. The Morgan fingerprint density at radius 1 is 0.893 bits per heavy atom. The van der Waals surface area contributed by atoms with Crippen LogP contribution in [0.15, 0.2) is 59.5 Å². The highest BCUT2D eigenvalue weighted by molar-refractivity contribution is 7.89. The van der Waals surface area contributed by atoms with Crippen LogP contribution in [0.25, 0.3) is 0 Å². The highest BCUT2D eigenvalue weighted by Gasteiger charge is 2.26. The van der Waals surface area contributed by atoms with Gasteiger partial charge in [0.25, 0.3) is 5.91 Å². The lowest BCUT2D eigenvalue weighted by Gasteiger charge is -2.15. The van der Waals surface area contributed by atoms with Gasteiger partial charge in [0.05, 0.1) is 4.90 Å². The summed E-state index contributed by atoms with van der Waals surface area (Å²) in [5, 5.41) is 0. The summed E-state index contributed by atoms with van der Waals surface area (Å²) in [7, 11) is -3.42. The Labute approximate surface area is 164 Å². The molecule has 0 radical (unpaired) electrons. The number of nitrogens with one attached hydrogen (secondary N) is 2. The van der Waals surface area contributed by atoms with Gasteiger partial charge < -0.3 is 0 Å². The van der Waals surface area contributed by atoms with Crippen LogP contribution in [-0.2, 0) is 21.2 Å². The Kier molecular flexibility index (Phi) is 6.43. The first kappa shape index (κ1) is 20.0. The van der Waals surface area contributed by atoms with Crippen LogP contribution >= 0.6 is 0 Å². The molecule has 0 atom stereocenters. The van der Waals surface area contributed by atoms with Crippen molar-refractivity contribution in [2.24, 2.45) is 0 Å². The Balaban J connectivity index is 1.48. The second-order valence-corrected chi connectivity index (χ2v) is 8.56. The molecular formula is C20H23N3O4S. The molecule has 1 aliphatic rings. The minimum Gasteiger partial charge on any atom is -0.273 e. The molecule has 1 aliphatic heterocycles. The van der Waals surface area contributed by atoms with Gasteiger partial charge in [-0.25, -0.2) is 8.42 Å². The minimum atomic E-state index is -3.42.